The quantitative estimate of drug-likeness (QED) is 0.845. The lowest BCUT2D eigenvalue weighted by molar-refractivity contribution is 0.315. The van der Waals surface area contributed by atoms with Crippen molar-refractivity contribution in [3.63, 3.8) is 0 Å². The second-order valence-corrected chi connectivity index (χ2v) is 5.64. The van der Waals surface area contributed by atoms with Gasteiger partial charge >= 0.3 is 0 Å². The first-order chi connectivity index (χ1) is 10.2. The number of hydrogen-bond acceptors (Lipinski definition) is 3. The molecular weight excluding hydrogens is 330 g/mol. The molecule has 0 aliphatic heterocycles. The summed E-state index contributed by atoms with van der Waals surface area (Å²) < 4.78 is 11.7. The Kier molecular flexibility index (Phi) is 5.65. The first-order valence-corrected chi connectivity index (χ1v) is 7.76. The van der Waals surface area contributed by atoms with Crippen LogP contribution in [0.3, 0.4) is 0 Å². The molecule has 0 radical (unpaired) electrons. The van der Waals surface area contributed by atoms with Crippen molar-refractivity contribution < 1.29 is 9.47 Å². The fraction of sp³-hybridized carbons (Fsp3) is 0.294. The van der Waals surface area contributed by atoms with Gasteiger partial charge in [0.05, 0.1) is 24.2 Å². The number of rotatable bonds is 6. The van der Waals surface area contributed by atoms with Gasteiger partial charge in [-0.25, -0.2) is 0 Å². The topological polar surface area (TPSA) is 44.5 Å². The highest BCUT2D eigenvalue weighted by Crippen LogP contribution is 2.30. The summed E-state index contributed by atoms with van der Waals surface area (Å²) in [6, 6.07) is 13.6. The zero-order valence-electron chi connectivity index (χ0n) is 12.3. The van der Waals surface area contributed by atoms with E-state index < -0.39 is 0 Å². The number of halogens is 1. The molecule has 3 nitrogen and oxygen atoms in total. The van der Waals surface area contributed by atoms with Crippen LogP contribution in [-0.4, -0.2) is 13.7 Å². The Hall–Kier alpha value is -1.52. The summed E-state index contributed by atoms with van der Waals surface area (Å²) in [7, 11) is 1.65. The molecule has 4 heteroatoms. The summed E-state index contributed by atoms with van der Waals surface area (Å²) in [5, 5.41) is 0. The monoisotopic (exact) mass is 349 g/mol. The smallest absolute Gasteiger partial charge is 0.133 e. The van der Waals surface area contributed by atoms with Gasteiger partial charge in [0.25, 0.3) is 0 Å². The predicted octanol–water partition coefficient (Wildman–Crippen LogP) is 4.29. The standard InChI is InChI=1S/C17H20BrNO2/c1-3-10-21-16-9-6-13(11-15(16)18)17(19)12-4-7-14(20-2)8-5-12/h4-9,11,17H,3,10,19H2,1-2H3. The lowest BCUT2D eigenvalue weighted by Crippen LogP contribution is -2.12. The van der Waals surface area contributed by atoms with Crippen LogP contribution in [0.25, 0.3) is 0 Å². The van der Waals surface area contributed by atoms with Gasteiger partial charge in [0, 0.05) is 0 Å². The van der Waals surface area contributed by atoms with Crippen molar-refractivity contribution in [1.29, 1.82) is 0 Å². The molecule has 0 fully saturated rings. The molecule has 112 valence electrons. The van der Waals surface area contributed by atoms with Crippen molar-refractivity contribution in [3.8, 4) is 11.5 Å². The van der Waals surface area contributed by atoms with E-state index in [2.05, 4.69) is 22.9 Å². The van der Waals surface area contributed by atoms with Gasteiger partial charge in [-0.2, -0.15) is 0 Å². The van der Waals surface area contributed by atoms with Crippen LogP contribution < -0.4 is 15.2 Å². The third kappa shape index (κ3) is 3.99. The molecule has 0 spiro atoms. The van der Waals surface area contributed by atoms with E-state index >= 15 is 0 Å². The Morgan fingerprint density at radius 3 is 2.33 bits per heavy atom. The summed E-state index contributed by atoms with van der Waals surface area (Å²) in [6.45, 7) is 2.80. The lowest BCUT2D eigenvalue weighted by Gasteiger charge is -2.15. The van der Waals surface area contributed by atoms with Gasteiger partial charge in [-0.1, -0.05) is 25.1 Å². The largest absolute Gasteiger partial charge is 0.497 e. The van der Waals surface area contributed by atoms with E-state index in [-0.39, 0.29) is 6.04 Å². The molecule has 2 rings (SSSR count). The minimum atomic E-state index is -0.174. The molecule has 0 saturated carbocycles. The average molecular weight is 350 g/mol. The maximum absolute atomic E-state index is 6.32. The van der Waals surface area contributed by atoms with Crippen molar-refractivity contribution >= 4 is 15.9 Å². The highest BCUT2D eigenvalue weighted by atomic mass is 79.9. The van der Waals surface area contributed by atoms with Crippen LogP contribution in [0.2, 0.25) is 0 Å². The molecule has 0 bridgehead atoms. The molecule has 2 aromatic carbocycles. The van der Waals surface area contributed by atoms with E-state index in [4.69, 9.17) is 15.2 Å². The molecule has 2 N–H and O–H groups in total. The van der Waals surface area contributed by atoms with E-state index in [1.165, 1.54) is 0 Å². The molecule has 0 saturated heterocycles. The fourth-order valence-electron chi connectivity index (χ4n) is 2.04. The Balaban J connectivity index is 2.18. The summed E-state index contributed by atoms with van der Waals surface area (Å²) in [6.07, 6.45) is 0.986. The molecule has 21 heavy (non-hydrogen) atoms. The summed E-state index contributed by atoms with van der Waals surface area (Å²) in [5.41, 5.74) is 8.41. The summed E-state index contributed by atoms with van der Waals surface area (Å²) >= 11 is 3.54. The molecule has 1 unspecified atom stereocenters. The number of benzene rings is 2. The Morgan fingerprint density at radius 1 is 1.10 bits per heavy atom. The number of ether oxygens (including phenoxy) is 2. The second kappa shape index (κ2) is 7.48. The van der Waals surface area contributed by atoms with Gasteiger partial charge in [-0.3, -0.25) is 0 Å². The lowest BCUT2D eigenvalue weighted by atomic mass is 9.99. The first kappa shape index (κ1) is 15.9. The maximum atomic E-state index is 6.32. The number of nitrogens with two attached hydrogens (primary N) is 1. The first-order valence-electron chi connectivity index (χ1n) is 6.97. The van der Waals surface area contributed by atoms with Crippen molar-refractivity contribution in [2.75, 3.05) is 13.7 Å². The highest BCUT2D eigenvalue weighted by Gasteiger charge is 2.11. The molecule has 0 amide bonds. The van der Waals surface area contributed by atoms with E-state index in [0.29, 0.717) is 6.61 Å². The maximum Gasteiger partial charge on any atom is 0.133 e. The van der Waals surface area contributed by atoms with Crippen molar-refractivity contribution in [3.05, 3.63) is 58.1 Å². The Bertz CT molecular complexity index is 584. The molecule has 1 atom stereocenters. The van der Waals surface area contributed by atoms with Crippen LogP contribution in [0.4, 0.5) is 0 Å². The van der Waals surface area contributed by atoms with Crippen molar-refractivity contribution in [1.82, 2.24) is 0 Å². The third-order valence-electron chi connectivity index (χ3n) is 3.25. The average Bonchev–Trinajstić information content (AvgIpc) is 2.53. The van der Waals surface area contributed by atoms with Gasteiger partial charge in [0.2, 0.25) is 0 Å². The fourth-order valence-corrected chi connectivity index (χ4v) is 2.55. The van der Waals surface area contributed by atoms with Crippen LogP contribution in [0.5, 0.6) is 11.5 Å². The van der Waals surface area contributed by atoms with E-state index in [1.807, 2.05) is 42.5 Å². The Morgan fingerprint density at radius 2 is 1.76 bits per heavy atom. The highest BCUT2D eigenvalue weighted by molar-refractivity contribution is 9.10. The van der Waals surface area contributed by atoms with E-state index in [0.717, 1.165) is 33.5 Å². The van der Waals surface area contributed by atoms with Gasteiger partial charge in [-0.05, 0) is 57.7 Å². The molecule has 0 heterocycles. The van der Waals surface area contributed by atoms with Gasteiger partial charge in [-0.15, -0.1) is 0 Å². The van der Waals surface area contributed by atoms with Crippen molar-refractivity contribution in [2.24, 2.45) is 5.73 Å². The van der Waals surface area contributed by atoms with Gasteiger partial charge in [0.1, 0.15) is 11.5 Å². The summed E-state index contributed by atoms with van der Waals surface area (Å²) in [5.74, 6) is 1.68. The van der Waals surface area contributed by atoms with E-state index in [1.54, 1.807) is 7.11 Å². The van der Waals surface area contributed by atoms with Crippen LogP contribution in [-0.2, 0) is 0 Å². The molecule has 0 aliphatic carbocycles. The van der Waals surface area contributed by atoms with E-state index in [9.17, 15) is 0 Å². The van der Waals surface area contributed by atoms with Gasteiger partial charge < -0.3 is 15.2 Å². The van der Waals surface area contributed by atoms with Crippen LogP contribution in [0, 0.1) is 0 Å². The SMILES string of the molecule is CCCOc1ccc(C(N)c2ccc(OC)cc2)cc1Br. The molecule has 0 aliphatic rings. The molecule has 2 aromatic rings. The third-order valence-corrected chi connectivity index (χ3v) is 3.87. The molecular formula is C17H20BrNO2. The van der Waals surface area contributed by atoms with Crippen LogP contribution >= 0.6 is 15.9 Å². The minimum absolute atomic E-state index is 0.174. The molecule has 0 aromatic heterocycles. The normalized spacial score (nSPS) is 12.0. The zero-order valence-corrected chi connectivity index (χ0v) is 13.9. The van der Waals surface area contributed by atoms with Crippen molar-refractivity contribution in [2.45, 2.75) is 19.4 Å². The number of methoxy groups -OCH3 is 1. The summed E-state index contributed by atoms with van der Waals surface area (Å²) in [4.78, 5) is 0. The number of hydrogen-bond donors (Lipinski definition) is 1. The van der Waals surface area contributed by atoms with Crippen LogP contribution in [0.1, 0.15) is 30.5 Å². The zero-order chi connectivity index (χ0) is 15.2. The second-order valence-electron chi connectivity index (χ2n) is 4.79. The van der Waals surface area contributed by atoms with Gasteiger partial charge in [0.15, 0.2) is 0 Å². The Labute approximate surface area is 134 Å². The minimum Gasteiger partial charge on any atom is -0.497 e. The van der Waals surface area contributed by atoms with Crippen LogP contribution in [0.15, 0.2) is 46.9 Å². The predicted molar refractivity (Wildman–Crippen MR) is 89.0 cm³/mol.